The van der Waals surface area contributed by atoms with Crippen LogP contribution in [0, 0.1) is 0 Å². The monoisotopic (exact) mass is 376 g/mol. The third-order valence-electron chi connectivity index (χ3n) is 5.19. The van der Waals surface area contributed by atoms with E-state index < -0.39 is 0 Å². The lowest BCUT2D eigenvalue weighted by molar-refractivity contribution is 0.242. The predicted molar refractivity (Wildman–Crippen MR) is 115 cm³/mol. The van der Waals surface area contributed by atoms with E-state index in [1.165, 1.54) is 0 Å². The number of likely N-dealkylation sites (N-methyl/N-ethyl adjacent to an activating group) is 1. The molecular formula is C23H28N4O. The maximum Gasteiger partial charge on any atom is 0.162 e. The van der Waals surface area contributed by atoms with Gasteiger partial charge in [0.05, 0.1) is 11.6 Å². The first kappa shape index (κ1) is 18.7. The van der Waals surface area contributed by atoms with Crippen LogP contribution in [0.25, 0.3) is 22.3 Å². The highest BCUT2D eigenvalue weighted by atomic mass is 16.5. The summed E-state index contributed by atoms with van der Waals surface area (Å²) in [6.07, 6.45) is 0.163. The summed E-state index contributed by atoms with van der Waals surface area (Å²) in [4.78, 5) is 14.7. The molecule has 0 aliphatic carbocycles. The van der Waals surface area contributed by atoms with Crippen LogP contribution in [0.4, 0.5) is 5.82 Å². The first-order valence-electron chi connectivity index (χ1n) is 10.1. The fourth-order valence-electron chi connectivity index (χ4n) is 3.66. The molecule has 3 aromatic rings. The second kappa shape index (κ2) is 8.15. The number of anilines is 1. The van der Waals surface area contributed by atoms with Gasteiger partial charge in [-0.2, -0.15) is 0 Å². The zero-order valence-corrected chi connectivity index (χ0v) is 16.9. The Kier molecular flexibility index (Phi) is 5.44. The smallest absolute Gasteiger partial charge is 0.162 e. The molecular weight excluding hydrogens is 348 g/mol. The molecule has 0 bridgehead atoms. The number of rotatable bonds is 5. The van der Waals surface area contributed by atoms with Gasteiger partial charge >= 0.3 is 0 Å². The van der Waals surface area contributed by atoms with Crippen molar-refractivity contribution in [2.24, 2.45) is 0 Å². The SMILES string of the molecule is CCN1CCN(c2nc(-c3ccc(OC(C)C)cc3)nc3ccccc23)CC1. The van der Waals surface area contributed by atoms with Gasteiger partial charge in [-0.3, -0.25) is 0 Å². The summed E-state index contributed by atoms with van der Waals surface area (Å²) in [5.41, 5.74) is 2.00. The number of aromatic nitrogens is 2. The molecule has 28 heavy (non-hydrogen) atoms. The lowest BCUT2D eigenvalue weighted by Crippen LogP contribution is -2.46. The zero-order valence-electron chi connectivity index (χ0n) is 16.9. The van der Waals surface area contributed by atoms with Gasteiger partial charge in [-0.25, -0.2) is 9.97 Å². The van der Waals surface area contributed by atoms with Gasteiger partial charge in [0.2, 0.25) is 0 Å². The molecule has 0 spiro atoms. The molecule has 1 aliphatic rings. The van der Waals surface area contributed by atoms with Gasteiger partial charge in [-0.1, -0.05) is 19.1 Å². The average Bonchev–Trinajstić information content (AvgIpc) is 2.73. The van der Waals surface area contributed by atoms with E-state index in [1.54, 1.807) is 0 Å². The maximum absolute atomic E-state index is 5.76. The third-order valence-corrected chi connectivity index (χ3v) is 5.19. The van der Waals surface area contributed by atoms with Crippen molar-refractivity contribution in [1.29, 1.82) is 0 Å². The average molecular weight is 377 g/mol. The molecule has 0 amide bonds. The molecule has 1 fully saturated rings. The molecule has 1 aliphatic heterocycles. The summed E-state index contributed by atoms with van der Waals surface area (Å²) in [6, 6.07) is 16.4. The van der Waals surface area contributed by atoms with Crippen LogP contribution in [-0.4, -0.2) is 53.7 Å². The van der Waals surface area contributed by atoms with Crippen molar-refractivity contribution in [2.45, 2.75) is 26.9 Å². The summed E-state index contributed by atoms with van der Waals surface area (Å²) in [5.74, 6) is 2.68. The first-order valence-corrected chi connectivity index (χ1v) is 10.1. The Bertz CT molecular complexity index is 931. The fraction of sp³-hybridized carbons (Fsp3) is 0.391. The number of hydrogen-bond donors (Lipinski definition) is 0. The van der Waals surface area contributed by atoms with Crippen molar-refractivity contribution in [3.63, 3.8) is 0 Å². The molecule has 1 aromatic heterocycles. The van der Waals surface area contributed by atoms with Gasteiger partial charge in [-0.05, 0) is 56.8 Å². The molecule has 5 nitrogen and oxygen atoms in total. The van der Waals surface area contributed by atoms with E-state index in [0.29, 0.717) is 0 Å². The minimum absolute atomic E-state index is 0.163. The molecule has 0 atom stereocenters. The number of hydrogen-bond acceptors (Lipinski definition) is 5. The lowest BCUT2D eigenvalue weighted by Gasteiger charge is -2.35. The number of piperazine rings is 1. The lowest BCUT2D eigenvalue weighted by atomic mass is 10.1. The summed E-state index contributed by atoms with van der Waals surface area (Å²) < 4.78 is 5.76. The van der Waals surface area contributed by atoms with Gasteiger partial charge in [0.15, 0.2) is 5.82 Å². The van der Waals surface area contributed by atoms with Crippen molar-refractivity contribution < 1.29 is 4.74 Å². The van der Waals surface area contributed by atoms with Gasteiger partial charge in [-0.15, -0.1) is 0 Å². The first-order chi connectivity index (χ1) is 13.6. The molecule has 2 aromatic carbocycles. The van der Waals surface area contributed by atoms with Crippen LogP contribution in [0.1, 0.15) is 20.8 Å². The maximum atomic E-state index is 5.76. The summed E-state index contributed by atoms with van der Waals surface area (Å²) >= 11 is 0. The van der Waals surface area contributed by atoms with Crippen LogP contribution in [0.5, 0.6) is 5.75 Å². The normalized spacial score (nSPS) is 15.4. The predicted octanol–water partition coefficient (Wildman–Crippen LogP) is 4.23. The Morgan fingerprint density at radius 2 is 1.64 bits per heavy atom. The van der Waals surface area contributed by atoms with Crippen LogP contribution in [0.3, 0.4) is 0 Å². The Morgan fingerprint density at radius 3 is 2.32 bits per heavy atom. The van der Waals surface area contributed by atoms with Crippen molar-refractivity contribution in [2.75, 3.05) is 37.6 Å². The molecule has 4 rings (SSSR count). The minimum atomic E-state index is 0.163. The molecule has 0 N–H and O–H groups in total. The summed E-state index contributed by atoms with van der Waals surface area (Å²) in [5, 5.41) is 1.12. The highest BCUT2D eigenvalue weighted by Crippen LogP contribution is 2.29. The molecule has 0 unspecified atom stereocenters. The Labute approximate surface area is 167 Å². The molecule has 5 heteroatoms. The molecule has 1 saturated heterocycles. The number of nitrogens with zero attached hydrogens (tertiary/aromatic N) is 4. The Balaban J connectivity index is 1.70. The van der Waals surface area contributed by atoms with E-state index in [4.69, 9.17) is 14.7 Å². The van der Waals surface area contributed by atoms with Crippen molar-refractivity contribution in [1.82, 2.24) is 14.9 Å². The number of benzene rings is 2. The third kappa shape index (κ3) is 3.94. The van der Waals surface area contributed by atoms with Gasteiger partial charge in [0.1, 0.15) is 11.6 Å². The standard InChI is InChI=1S/C23H28N4O/c1-4-26-13-15-27(16-14-26)23-20-7-5-6-8-21(20)24-22(25-23)18-9-11-19(12-10-18)28-17(2)3/h5-12,17H,4,13-16H2,1-3H3. The number of fused-ring (bicyclic) bond motifs is 1. The van der Waals surface area contributed by atoms with Crippen LogP contribution in [0.2, 0.25) is 0 Å². The van der Waals surface area contributed by atoms with Crippen LogP contribution < -0.4 is 9.64 Å². The second-order valence-electron chi connectivity index (χ2n) is 7.50. The van der Waals surface area contributed by atoms with E-state index in [1.807, 2.05) is 44.2 Å². The van der Waals surface area contributed by atoms with Gasteiger partial charge < -0.3 is 14.5 Å². The van der Waals surface area contributed by atoms with E-state index in [0.717, 1.165) is 66.6 Å². The Morgan fingerprint density at radius 1 is 0.929 bits per heavy atom. The number of para-hydroxylation sites is 1. The van der Waals surface area contributed by atoms with Gasteiger partial charge in [0, 0.05) is 37.1 Å². The molecule has 2 heterocycles. The zero-order chi connectivity index (χ0) is 19.5. The van der Waals surface area contributed by atoms with Crippen LogP contribution in [0.15, 0.2) is 48.5 Å². The Hall–Kier alpha value is -2.66. The summed E-state index contributed by atoms with van der Waals surface area (Å²) in [6.45, 7) is 11.5. The molecule has 146 valence electrons. The van der Waals surface area contributed by atoms with Crippen LogP contribution >= 0.6 is 0 Å². The van der Waals surface area contributed by atoms with E-state index in [-0.39, 0.29) is 6.10 Å². The highest BCUT2D eigenvalue weighted by molar-refractivity contribution is 5.91. The minimum Gasteiger partial charge on any atom is -0.491 e. The highest BCUT2D eigenvalue weighted by Gasteiger charge is 2.20. The molecule has 0 radical (unpaired) electrons. The van der Waals surface area contributed by atoms with Crippen molar-refractivity contribution in [3.8, 4) is 17.1 Å². The number of ether oxygens (including phenoxy) is 1. The summed E-state index contributed by atoms with van der Waals surface area (Å²) in [7, 11) is 0. The molecule has 0 saturated carbocycles. The van der Waals surface area contributed by atoms with Gasteiger partial charge in [0.25, 0.3) is 0 Å². The van der Waals surface area contributed by atoms with Crippen molar-refractivity contribution in [3.05, 3.63) is 48.5 Å². The fourth-order valence-corrected chi connectivity index (χ4v) is 3.66. The van der Waals surface area contributed by atoms with E-state index in [9.17, 15) is 0 Å². The van der Waals surface area contributed by atoms with E-state index >= 15 is 0 Å². The largest absolute Gasteiger partial charge is 0.491 e. The van der Waals surface area contributed by atoms with E-state index in [2.05, 4.69) is 34.9 Å². The second-order valence-corrected chi connectivity index (χ2v) is 7.50. The van der Waals surface area contributed by atoms with Crippen LogP contribution in [-0.2, 0) is 0 Å². The quantitative estimate of drug-likeness (QED) is 0.667. The topological polar surface area (TPSA) is 41.5 Å². The van der Waals surface area contributed by atoms with Crippen molar-refractivity contribution >= 4 is 16.7 Å².